The van der Waals surface area contributed by atoms with Crippen LogP contribution in [0.1, 0.15) is 96.3 Å². The molecule has 0 atom stereocenters. The quantitative estimate of drug-likeness (QED) is 0.339. The van der Waals surface area contributed by atoms with Gasteiger partial charge in [0.25, 0.3) is 0 Å². The third-order valence-electron chi connectivity index (χ3n) is 4.12. The van der Waals surface area contributed by atoms with Crippen molar-refractivity contribution in [3.05, 3.63) is 0 Å². The Morgan fingerprint density at radius 2 is 1.05 bits per heavy atom. The zero-order valence-electron chi connectivity index (χ0n) is 13.6. The number of cyclic esters (lactones) is 1. The molecule has 0 spiro atoms. The van der Waals surface area contributed by atoms with Crippen LogP contribution < -0.4 is 0 Å². The second-order valence-electron chi connectivity index (χ2n) is 6.14. The van der Waals surface area contributed by atoms with E-state index in [0.717, 1.165) is 19.3 Å². The number of carbonyl (C=O) groups is 1. The van der Waals surface area contributed by atoms with E-state index in [9.17, 15) is 4.79 Å². The SMILES string of the molecule is O=C1C#CCCCCCCCCCCCCCCCCO1. The van der Waals surface area contributed by atoms with Gasteiger partial charge in [-0.15, -0.1) is 0 Å². The van der Waals surface area contributed by atoms with Crippen LogP contribution in [0.25, 0.3) is 0 Å². The molecule has 1 aliphatic rings. The summed E-state index contributed by atoms with van der Waals surface area (Å²) < 4.78 is 5.11. The molecule has 0 fully saturated rings. The van der Waals surface area contributed by atoms with E-state index in [0.29, 0.717) is 6.61 Å². The largest absolute Gasteiger partial charge is 0.456 e. The monoisotopic (exact) mass is 292 g/mol. The van der Waals surface area contributed by atoms with Crippen LogP contribution in [0.5, 0.6) is 0 Å². The Hall–Kier alpha value is -0.970. The van der Waals surface area contributed by atoms with E-state index in [-0.39, 0.29) is 5.97 Å². The van der Waals surface area contributed by atoms with E-state index in [1.165, 1.54) is 77.0 Å². The molecule has 1 aliphatic heterocycles. The van der Waals surface area contributed by atoms with Crippen LogP contribution in [0.15, 0.2) is 0 Å². The molecule has 0 N–H and O–H groups in total. The molecule has 0 unspecified atom stereocenters. The van der Waals surface area contributed by atoms with Crippen molar-refractivity contribution in [1.29, 1.82) is 0 Å². The van der Waals surface area contributed by atoms with Gasteiger partial charge >= 0.3 is 5.97 Å². The summed E-state index contributed by atoms with van der Waals surface area (Å²) in [5.74, 6) is 5.18. The third kappa shape index (κ3) is 12.5. The van der Waals surface area contributed by atoms with Gasteiger partial charge < -0.3 is 4.74 Å². The Kier molecular flexibility index (Phi) is 12.0. The van der Waals surface area contributed by atoms with Crippen LogP contribution >= 0.6 is 0 Å². The lowest BCUT2D eigenvalue weighted by molar-refractivity contribution is -0.136. The van der Waals surface area contributed by atoms with Crippen LogP contribution in [0.2, 0.25) is 0 Å². The molecule has 0 aromatic carbocycles. The van der Waals surface area contributed by atoms with Gasteiger partial charge in [-0.2, -0.15) is 0 Å². The highest BCUT2D eigenvalue weighted by molar-refractivity contribution is 5.88. The zero-order chi connectivity index (χ0) is 15.0. The first kappa shape index (κ1) is 18.1. The number of carbonyl (C=O) groups excluding carboxylic acids is 1. The van der Waals surface area contributed by atoms with Gasteiger partial charge in [-0.05, 0) is 12.8 Å². The van der Waals surface area contributed by atoms with Crippen molar-refractivity contribution in [3.8, 4) is 11.8 Å². The number of ether oxygens (including phenoxy) is 1. The third-order valence-corrected chi connectivity index (χ3v) is 4.12. The van der Waals surface area contributed by atoms with Crippen molar-refractivity contribution in [3.63, 3.8) is 0 Å². The Balaban J connectivity index is 2.18. The van der Waals surface area contributed by atoms with Crippen molar-refractivity contribution in [1.82, 2.24) is 0 Å². The molecule has 0 radical (unpaired) electrons. The minimum Gasteiger partial charge on any atom is -0.456 e. The Labute approximate surface area is 131 Å². The molecule has 1 heterocycles. The normalized spacial score (nSPS) is 21.6. The summed E-state index contributed by atoms with van der Waals surface area (Å²) >= 11 is 0. The van der Waals surface area contributed by atoms with Crippen LogP contribution in [-0.4, -0.2) is 12.6 Å². The van der Waals surface area contributed by atoms with Gasteiger partial charge in [0.15, 0.2) is 0 Å². The molecule has 0 saturated heterocycles. The van der Waals surface area contributed by atoms with E-state index < -0.39 is 0 Å². The molecule has 0 saturated carbocycles. The van der Waals surface area contributed by atoms with Crippen LogP contribution in [-0.2, 0) is 9.53 Å². The summed E-state index contributed by atoms with van der Waals surface area (Å²) in [6.07, 6.45) is 19.0. The fourth-order valence-electron chi connectivity index (χ4n) is 2.77. The zero-order valence-corrected chi connectivity index (χ0v) is 13.6. The molecule has 2 nitrogen and oxygen atoms in total. The summed E-state index contributed by atoms with van der Waals surface area (Å²) in [6, 6.07) is 0. The van der Waals surface area contributed by atoms with E-state index >= 15 is 0 Å². The topological polar surface area (TPSA) is 26.3 Å². The second-order valence-corrected chi connectivity index (χ2v) is 6.14. The molecule has 2 heteroatoms. The molecular formula is C19H32O2. The van der Waals surface area contributed by atoms with Gasteiger partial charge in [-0.1, -0.05) is 83.0 Å². The molecule has 120 valence electrons. The first-order valence-corrected chi connectivity index (χ1v) is 9.05. The molecule has 0 amide bonds. The van der Waals surface area contributed by atoms with Gasteiger partial charge in [-0.25, -0.2) is 4.79 Å². The first-order chi connectivity index (χ1) is 10.4. The van der Waals surface area contributed by atoms with Gasteiger partial charge in [0.1, 0.15) is 0 Å². The predicted molar refractivity (Wildman–Crippen MR) is 88.0 cm³/mol. The second kappa shape index (κ2) is 14.0. The summed E-state index contributed by atoms with van der Waals surface area (Å²) in [4.78, 5) is 11.4. The maximum Gasteiger partial charge on any atom is 0.384 e. The number of hydrogen-bond donors (Lipinski definition) is 0. The number of hydrogen-bond acceptors (Lipinski definition) is 2. The highest BCUT2D eigenvalue weighted by atomic mass is 16.5. The Morgan fingerprint density at radius 1 is 0.619 bits per heavy atom. The highest BCUT2D eigenvalue weighted by Crippen LogP contribution is 2.13. The molecule has 0 aliphatic carbocycles. The van der Waals surface area contributed by atoms with E-state index in [2.05, 4.69) is 11.8 Å². The summed E-state index contributed by atoms with van der Waals surface area (Å²) in [6.45, 7) is 0.535. The average molecular weight is 292 g/mol. The minimum atomic E-state index is -0.343. The average Bonchev–Trinajstić information content (AvgIpc) is 2.48. The highest BCUT2D eigenvalue weighted by Gasteiger charge is 1.98. The van der Waals surface area contributed by atoms with E-state index in [1.54, 1.807) is 0 Å². The predicted octanol–water partition coefficient (Wildman–Crippen LogP) is 5.40. The summed E-state index contributed by atoms with van der Waals surface area (Å²) in [7, 11) is 0. The minimum absolute atomic E-state index is 0.343. The summed E-state index contributed by atoms with van der Waals surface area (Å²) in [5, 5.41) is 0. The van der Waals surface area contributed by atoms with Crippen molar-refractivity contribution in [2.75, 3.05) is 6.61 Å². The molecule has 0 aromatic heterocycles. The van der Waals surface area contributed by atoms with E-state index in [1.807, 2.05) is 0 Å². The molecule has 1 rings (SSSR count). The standard InChI is InChI=1S/C19H32O2/c20-19-17-15-13-11-9-7-5-3-1-2-4-6-8-10-12-14-16-18-21-19/h1-14,16,18H2. The van der Waals surface area contributed by atoms with Crippen molar-refractivity contribution < 1.29 is 9.53 Å². The van der Waals surface area contributed by atoms with Gasteiger partial charge in [-0.3, -0.25) is 0 Å². The Morgan fingerprint density at radius 3 is 1.57 bits per heavy atom. The number of esters is 1. The summed E-state index contributed by atoms with van der Waals surface area (Å²) in [5.41, 5.74) is 0. The van der Waals surface area contributed by atoms with Gasteiger partial charge in [0, 0.05) is 12.3 Å². The van der Waals surface area contributed by atoms with Crippen molar-refractivity contribution in [2.45, 2.75) is 96.3 Å². The Bertz CT molecular complexity index is 311. The fraction of sp³-hybridized carbons (Fsp3) is 0.842. The van der Waals surface area contributed by atoms with Crippen LogP contribution in [0, 0.1) is 11.8 Å². The molecular weight excluding hydrogens is 260 g/mol. The maximum atomic E-state index is 11.4. The van der Waals surface area contributed by atoms with Crippen LogP contribution in [0.3, 0.4) is 0 Å². The van der Waals surface area contributed by atoms with Gasteiger partial charge in [0.2, 0.25) is 0 Å². The van der Waals surface area contributed by atoms with E-state index in [4.69, 9.17) is 4.74 Å². The maximum absolute atomic E-state index is 11.4. The lowest BCUT2D eigenvalue weighted by Crippen LogP contribution is -2.02. The molecule has 0 bridgehead atoms. The van der Waals surface area contributed by atoms with Crippen LogP contribution in [0.4, 0.5) is 0 Å². The van der Waals surface area contributed by atoms with Crippen molar-refractivity contribution >= 4 is 5.97 Å². The first-order valence-electron chi connectivity index (χ1n) is 9.05. The lowest BCUT2D eigenvalue weighted by Gasteiger charge is -2.04. The van der Waals surface area contributed by atoms with Crippen molar-refractivity contribution in [2.24, 2.45) is 0 Å². The smallest absolute Gasteiger partial charge is 0.384 e. The lowest BCUT2D eigenvalue weighted by atomic mass is 10.0. The molecule has 21 heavy (non-hydrogen) atoms. The number of rotatable bonds is 0. The fourth-order valence-corrected chi connectivity index (χ4v) is 2.77. The van der Waals surface area contributed by atoms with Gasteiger partial charge in [0.05, 0.1) is 6.61 Å². The molecule has 0 aromatic rings.